The van der Waals surface area contributed by atoms with Crippen molar-refractivity contribution in [3.63, 3.8) is 0 Å². The molecule has 7 nitrogen and oxygen atoms in total. The Morgan fingerprint density at radius 2 is 1.79 bits per heavy atom. The number of nitrogens with zero attached hydrogens (tertiary/aromatic N) is 4. The highest BCUT2D eigenvalue weighted by Gasteiger charge is 2.41. The SMILES string of the molecule is O=C(c1cncc(F)c1)N1CCC(N2CC(=O)N(c3ccccc3)C2=O)CC1. The van der Waals surface area contributed by atoms with Crippen LogP contribution < -0.4 is 4.90 Å². The number of carbonyl (C=O) groups excluding carboxylic acids is 3. The summed E-state index contributed by atoms with van der Waals surface area (Å²) in [5.41, 5.74) is 0.771. The molecular weight excluding hydrogens is 363 g/mol. The van der Waals surface area contributed by atoms with E-state index in [1.807, 2.05) is 6.07 Å². The predicted molar refractivity (Wildman–Crippen MR) is 99.2 cm³/mol. The number of benzene rings is 1. The Balaban J connectivity index is 1.41. The fourth-order valence-electron chi connectivity index (χ4n) is 3.73. The third kappa shape index (κ3) is 3.33. The number of imide groups is 1. The van der Waals surface area contributed by atoms with Crippen molar-refractivity contribution < 1.29 is 18.8 Å². The molecule has 2 saturated heterocycles. The van der Waals surface area contributed by atoms with Gasteiger partial charge in [0, 0.05) is 25.3 Å². The van der Waals surface area contributed by atoms with Gasteiger partial charge < -0.3 is 9.80 Å². The van der Waals surface area contributed by atoms with E-state index < -0.39 is 5.82 Å². The second-order valence-corrected chi connectivity index (χ2v) is 6.89. The summed E-state index contributed by atoms with van der Waals surface area (Å²) in [5, 5.41) is 0. The fourth-order valence-corrected chi connectivity index (χ4v) is 3.73. The average molecular weight is 382 g/mol. The van der Waals surface area contributed by atoms with Gasteiger partial charge in [-0.1, -0.05) is 18.2 Å². The number of hydrogen-bond acceptors (Lipinski definition) is 4. The Morgan fingerprint density at radius 1 is 1.07 bits per heavy atom. The molecule has 2 aliphatic heterocycles. The van der Waals surface area contributed by atoms with Gasteiger partial charge in [-0.05, 0) is 31.0 Å². The van der Waals surface area contributed by atoms with Crippen molar-refractivity contribution in [3.8, 4) is 0 Å². The Hall–Kier alpha value is -3.29. The standard InChI is InChI=1S/C20H19FN4O3/c21-15-10-14(11-22-12-15)19(27)23-8-6-16(7-9-23)24-13-18(26)25(20(24)28)17-4-2-1-3-5-17/h1-5,10-12,16H,6-9,13H2. The predicted octanol–water partition coefficient (Wildman–Crippen LogP) is 2.29. The number of piperidine rings is 1. The summed E-state index contributed by atoms with van der Waals surface area (Å²) in [6, 6.07) is 9.58. The monoisotopic (exact) mass is 382 g/mol. The molecule has 1 aromatic carbocycles. The summed E-state index contributed by atoms with van der Waals surface area (Å²) in [4.78, 5) is 45.8. The van der Waals surface area contributed by atoms with E-state index in [1.165, 1.54) is 17.2 Å². The normalized spacial score (nSPS) is 18.1. The molecule has 4 amide bonds. The second-order valence-electron chi connectivity index (χ2n) is 6.89. The number of amides is 4. The van der Waals surface area contributed by atoms with Gasteiger partial charge in [-0.15, -0.1) is 0 Å². The quantitative estimate of drug-likeness (QED) is 0.764. The molecule has 2 fully saturated rings. The minimum Gasteiger partial charge on any atom is -0.338 e. The zero-order chi connectivity index (χ0) is 19.7. The number of rotatable bonds is 3. The van der Waals surface area contributed by atoms with Crippen LogP contribution in [0.15, 0.2) is 48.8 Å². The summed E-state index contributed by atoms with van der Waals surface area (Å²) in [5.74, 6) is -1.08. The van der Waals surface area contributed by atoms with Gasteiger partial charge in [-0.25, -0.2) is 14.1 Å². The van der Waals surface area contributed by atoms with E-state index in [0.717, 1.165) is 6.20 Å². The van der Waals surface area contributed by atoms with Gasteiger partial charge in [0.25, 0.3) is 11.8 Å². The van der Waals surface area contributed by atoms with Gasteiger partial charge in [0.1, 0.15) is 12.4 Å². The van der Waals surface area contributed by atoms with Crippen molar-refractivity contribution >= 4 is 23.5 Å². The molecule has 0 spiro atoms. The molecule has 0 atom stereocenters. The third-order valence-corrected chi connectivity index (χ3v) is 5.15. The first-order valence-electron chi connectivity index (χ1n) is 9.13. The van der Waals surface area contributed by atoms with E-state index in [9.17, 15) is 18.8 Å². The molecule has 0 unspecified atom stereocenters. The summed E-state index contributed by atoms with van der Waals surface area (Å²) >= 11 is 0. The van der Waals surface area contributed by atoms with Gasteiger partial charge in [0.2, 0.25) is 0 Å². The van der Waals surface area contributed by atoms with Crippen molar-refractivity contribution in [2.45, 2.75) is 18.9 Å². The molecule has 28 heavy (non-hydrogen) atoms. The summed E-state index contributed by atoms with van der Waals surface area (Å²) in [7, 11) is 0. The minimum absolute atomic E-state index is 0.0418. The van der Waals surface area contributed by atoms with Gasteiger partial charge in [0.15, 0.2) is 0 Å². The maximum atomic E-state index is 13.3. The number of aromatic nitrogens is 1. The van der Waals surface area contributed by atoms with Crippen LogP contribution in [0, 0.1) is 5.82 Å². The van der Waals surface area contributed by atoms with E-state index in [1.54, 1.807) is 34.1 Å². The molecule has 3 heterocycles. The number of pyridine rings is 1. The largest absolute Gasteiger partial charge is 0.338 e. The Morgan fingerprint density at radius 3 is 2.46 bits per heavy atom. The van der Waals surface area contributed by atoms with Crippen molar-refractivity contribution in [3.05, 3.63) is 60.2 Å². The molecule has 1 aromatic heterocycles. The molecule has 144 valence electrons. The maximum Gasteiger partial charge on any atom is 0.332 e. The van der Waals surface area contributed by atoms with Crippen molar-refractivity contribution in [1.82, 2.24) is 14.8 Å². The first kappa shape index (κ1) is 18.1. The van der Waals surface area contributed by atoms with Gasteiger partial charge >= 0.3 is 6.03 Å². The molecule has 0 bridgehead atoms. The topological polar surface area (TPSA) is 73.8 Å². The Bertz CT molecular complexity index is 913. The summed E-state index contributed by atoms with van der Waals surface area (Å²) in [6.07, 6.45) is 3.53. The van der Waals surface area contributed by atoms with Crippen molar-refractivity contribution in [1.29, 1.82) is 0 Å². The van der Waals surface area contributed by atoms with Crippen LogP contribution in [0.5, 0.6) is 0 Å². The number of hydrogen-bond donors (Lipinski definition) is 0. The number of para-hydroxylation sites is 1. The van der Waals surface area contributed by atoms with Crippen LogP contribution in [0.25, 0.3) is 0 Å². The number of anilines is 1. The van der Waals surface area contributed by atoms with Gasteiger partial charge in [0.05, 0.1) is 17.4 Å². The summed E-state index contributed by atoms with van der Waals surface area (Å²) in [6.45, 7) is 0.910. The molecule has 8 heteroatoms. The number of likely N-dealkylation sites (tertiary alicyclic amines) is 1. The molecule has 4 rings (SSSR count). The Kier molecular flexibility index (Phi) is 4.77. The van der Waals surface area contributed by atoms with E-state index in [2.05, 4.69) is 4.98 Å². The lowest BCUT2D eigenvalue weighted by molar-refractivity contribution is -0.116. The molecular formula is C20H19FN4O3. The van der Waals surface area contributed by atoms with Crippen molar-refractivity contribution in [2.75, 3.05) is 24.5 Å². The molecule has 0 N–H and O–H groups in total. The van der Waals surface area contributed by atoms with E-state index in [-0.39, 0.29) is 36.0 Å². The summed E-state index contributed by atoms with van der Waals surface area (Å²) < 4.78 is 13.3. The van der Waals surface area contributed by atoms with Crippen LogP contribution in [0.4, 0.5) is 14.9 Å². The van der Waals surface area contributed by atoms with Crippen LogP contribution in [-0.2, 0) is 4.79 Å². The first-order chi connectivity index (χ1) is 13.5. The number of carbonyl (C=O) groups is 3. The maximum absolute atomic E-state index is 13.3. The molecule has 0 saturated carbocycles. The zero-order valence-electron chi connectivity index (χ0n) is 15.1. The fraction of sp³-hybridized carbons (Fsp3) is 0.300. The smallest absolute Gasteiger partial charge is 0.332 e. The highest BCUT2D eigenvalue weighted by molar-refractivity contribution is 6.19. The van der Waals surface area contributed by atoms with E-state index in [0.29, 0.717) is 31.6 Å². The lowest BCUT2D eigenvalue weighted by Crippen LogP contribution is -2.48. The van der Waals surface area contributed by atoms with Crippen LogP contribution >= 0.6 is 0 Å². The molecule has 2 aliphatic rings. The van der Waals surface area contributed by atoms with Gasteiger partial charge in [-0.3, -0.25) is 14.6 Å². The zero-order valence-corrected chi connectivity index (χ0v) is 15.1. The van der Waals surface area contributed by atoms with Crippen LogP contribution in [-0.4, -0.2) is 58.3 Å². The van der Waals surface area contributed by atoms with Crippen LogP contribution in [0.1, 0.15) is 23.2 Å². The van der Waals surface area contributed by atoms with Crippen LogP contribution in [0.2, 0.25) is 0 Å². The van der Waals surface area contributed by atoms with Crippen molar-refractivity contribution in [2.24, 2.45) is 0 Å². The molecule has 2 aromatic rings. The third-order valence-electron chi connectivity index (χ3n) is 5.15. The number of halogens is 1. The van der Waals surface area contributed by atoms with Crippen LogP contribution in [0.3, 0.4) is 0 Å². The minimum atomic E-state index is -0.553. The average Bonchev–Trinajstić information content (AvgIpc) is 3.02. The van der Waals surface area contributed by atoms with E-state index in [4.69, 9.17) is 0 Å². The van der Waals surface area contributed by atoms with Gasteiger partial charge in [-0.2, -0.15) is 0 Å². The number of urea groups is 1. The van der Waals surface area contributed by atoms with E-state index >= 15 is 0 Å². The lowest BCUT2D eigenvalue weighted by Gasteiger charge is -2.36. The first-order valence-corrected chi connectivity index (χ1v) is 9.13. The lowest BCUT2D eigenvalue weighted by atomic mass is 10.0. The second kappa shape index (κ2) is 7.38. The molecule has 0 aliphatic carbocycles. The Labute approximate surface area is 161 Å². The molecule has 0 radical (unpaired) electrons. The highest BCUT2D eigenvalue weighted by Crippen LogP contribution is 2.26. The highest BCUT2D eigenvalue weighted by atomic mass is 19.1.